The van der Waals surface area contributed by atoms with Gasteiger partial charge >= 0.3 is 18.5 Å². The zero-order valence-electron chi connectivity index (χ0n) is 74.0. The molecule has 8 aliphatic rings. The van der Waals surface area contributed by atoms with E-state index in [1.54, 1.807) is 35.5 Å². The van der Waals surface area contributed by atoms with Crippen LogP contribution in [-0.4, -0.2) is 185 Å². The van der Waals surface area contributed by atoms with Gasteiger partial charge in [0.15, 0.2) is 28.6 Å². The van der Waals surface area contributed by atoms with Crippen LogP contribution in [0, 0.1) is 11.8 Å². The molecule has 1 atom stereocenters. The normalized spacial score (nSPS) is 17.6. The molecule has 10 aromatic heterocycles. The van der Waals surface area contributed by atoms with Crippen molar-refractivity contribution < 1.29 is 72.7 Å². The van der Waals surface area contributed by atoms with E-state index in [1.807, 2.05) is 81.1 Å². The van der Waals surface area contributed by atoms with Crippen LogP contribution in [0.3, 0.4) is 0 Å². The van der Waals surface area contributed by atoms with Crippen LogP contribution < -0.4 is 26.2 Å². The van der Waals surface area contributed by atoms with Crippen LogP contribution in [-0.2, 0) is 68.1 Å². The Morgan fingerprint density at radius 1 is 0.459 bits per heavy atom. The Hall–Kier alpha value is -12.2. The molecule has 0 bridgehead atoms. The van der Waals surface area contributed by atoms with Crippen molar-refractivity contribution in [2.45, 2.75) is 204 Å². The summed E-state index contributed by atoms with van der Waals surface area (Å²) in [5, 5.41) is 23.4. The molecule has 6 fully saturated rings. The van der Waals surface area contributed by atoms with Gasteiger partial charge in [-0.1, -0.05) is 62.5 Å². The third kappa shape index (κ3) is 23.2. The van der Waals surface area contributed by atoms with Gasteiger partial charge < -0.3 is 48.1 Å². The second-order valence-electron chi connectivity index (χ2n) is 34.5. The fraction of sp³-hybridized carbons (Fsp3) is 0.479. The molecule has 0 radical (unpaired) electrons. The van der Waals surface area contributed by atoms with E-state index >= 15 is 0 Å². The van der Waals surface area contributed by atoms with Gasteiger partial charge in [0.1, 0.15) is 50.8 Å². The van der Waals surface area contributed by atoms with Crippen LogP contribution in [0.15, 0.2) is 154 Å². The van der Waals surface area contributed by atoms with Crippen molar-refractivity contribution in [1.29, 1.82) is 0 Å². The Labute approximate surface area is 757 Å². The van der Waals surface area contributed by atoms with E-state index < -0.39 is 41.3 Å². The molecule has 17 heterocycles. The van der Waals surface area contributed by atoms with Crippen molar-refractivity contribution in [3.8, 4) is 11.5 Å². The molecule has 20 rings (SSSR count). The molecular weight excluding hydrogens is 1740 g/mol. The largest absolute Gasteiger partial charge is 0.493 e. The maximum absolute atomic E-state index is 13.3. The maximum atomic E-state index is 13.3. The van der Waals surface area contributed by atoms with Crippen LogP contribution in [0.2, 0.25) is 0 Å². The van der Waals surface area contributed by atoms with Crippen molar-refractivity contribution in [1.82, 2.24) is 88.8 Å². The fourth-order valence-corrected chi connectivity index (χ4v) is 17.3. The van der Waals surface area contributed by atoms with Gasteiger partial charge in [0.05, 0.1) is 91.1 Å². The molecule has 2 aromatic carbocycles. The molecule has 133 heavy (non-hydrogen) atoms. The standard InChI is InChI=1S/C21H24N4O3.C20H24N4O3.2C19H19F3N4O.C15H19F3N4O2/c26-21-17-12-22-25(16-7-9-27-10-8-16)20(17)23-19(24-21)11-15-3-1-2-4-18(15)28-13-14-5-6-14;1-13(2)27-17-6-4-3-5-14(17)11-18-22-19-16(20(25)23-18)12-21-24(19)15-7-9-26-10-8-15;1-12-9-13(10-17-16(19(20,21)22)3-2-6-23-17)25-18-15(12)11-24-26(18)14-4-7-27-8-5-14;1-12-9-14(10-13-3-2-4-17(24-13)19(20,21)22)25-18-16(12)11-23-26(18)15-5-7-27-8-6-15;1-2-9(15(16,17)18)7-12-20-13-11(14(23)21-12)8-19-22(13)10-3-5-24-6-4-10/h1-4,12,14,16H,5-11,13H2,(H,23,24,26);3-6,12-13,15H,7-11H2,1-2H3,(H,22,23,25);2-3,6,11,14H,1,4-5,7-10H2;2-4,11,15H,1,5-10H2;8-10H,2-7H2,1H3,(H,20,21,23). The number of halogens is 9. The molecule has 1 saturated carbocycles. The van der Waals surface area contributed by atoms with Crippen molar-refractivity contribution in [2.75, 3.05) is 72.7 Å². The summed E-state index contributed by atoms with van der Waals surface area (Å²) in [6, 6.07) is 23.0. The number of para-hydroxylation sites is 2. The van der Waals surface area contributed by atoms with Gasteiger partial charge in [-0.15, -0.1) is 0 Å². The van der Waals surface area contributed by atoms with Gasteiger partial charge in [-0.3, -0.25) is 19.4 Å². The van der Waals surface area contributed by atoms with Crippen LogP contribution in [0.4, 0.5) is 51.1 Å². The first kappa shape index (κ1) is 94.0. The molecule has 3 N–H and O–H groups in total. The number of fused-ring (bicyclic) bond motifs is 5. The molecule has 7 aliphatic heterocycles. The van der Waals surface area contributed by atoms with Gasteiger partial charge in [-0.05, 0) is 151 Å². The number of nitrogens with one attached hydrogen (secondary N) is 3. The Kier molecular flexibility index (Phi) is 29.6. The topological polar surface area (TPSA) is 341 Å². The number of aliphatic imine (C=N–C) groups is 2. The lowest BCUT2D eigenvalue weighted by atomic mass is 9.97. The Bertz CT molecular complexity index is 6330. The smallest absolute Gasteiger partial charge is 0.433 e. The van der Waals surface area contributed by atoms with Crippen LogP contribution in [0.1, 0.15) is 210 Å². The number of rotatable bonds is 21. The lowest BCUT2D eigenvalue weighted by Crippen LogP contribution is -2.26. The van der Waals surface area contributed by atoms with Crippen molar-refractivity contribution in [3.05, 3.63) is 223 Å². The summed E-state index contributed by atoms with van der Waals surface area (Å²) in [5.74, 6) is 3.55. The van der Waals surface area contributed by atoms with Crippen molar-refractivity contribution in [2.24, 2.45) is 21.8 Å². The first-order valence-corrected chi connectivity index (χ1v) is 45.1. The van der Waals surface area contributed by atoms with Gasteiger partial charge in [0.25, 0.3) is 16.7 Å². The minimum atomic E-state index is -4.46. The molecule has 704 valence electrons. The Morgan fingerprint density at radius 3 is 1.30 bits per heavy atom. The molecule has 0 amide bonds. The summed E-state index contributed by atoms with van der Waals surface area (Å²) >= 11 is 0. The second kappa shape index (κ2) is 41.9. The average Bonchev–Trinajstić information content (AvgIpc) is 1.66. The van der Waals surface area contributed by atoms with E-state index in [0.29, 0.717) is 160 Å². The van der Waals surface area contributed by atoms with Crippen LogP contribution in [0.25, 0.3) is 44.2 Å². The van der Waals surface area contributed by atoms with Gasteiger partial charge in [0.2, 0.25) is 0 Å². The van der Waals surface area contributed by atoms with E-state index in [1.165, 1.54) is 44.3 Å². The number of allylic oxidation sites excluding steroid dienone is 2. The van der Waals surface area contributed by atoms with E-state index in [0.717, 1.165) is 139 Å². The predicted octanol–water partition coefficient (Wildman–Crippen LogP) is 17.1. The SMILES string of the molecule is C=C1CC(Cc2cccc(C(F)(F)F)n2)=Nc2c1cnn2C1CCOCC1.C=C1CC(Cc2ncccc2C(F)(F)F)=Nc2c1cnn2C1CCOCC1.CC(C)Oc1ccccc1Cc1nc2c(cnn2C2CCOCC2)c(=O)[nH]1.CCC(Cc1nc2c(cnn2C2CCOCC2)c(=O)[nH]1)C(F)(F)F.O=c1[nH]c(Cc2ccccc2OCC2CC2)nc2c1cnn2C1CCOCC1. The summed E-state index contributed by atoms with van der Waals surface area (Å²) in [7, 11) is 0. The number of aromatic amines is 3. The van der Waals surface area contributed by atoms with E-state index in [9.17, 15) is 53.9 Å². The molecule has 5 saturated heterocycles. The van der Waals surface area contributed by atoms with Crippen molar-refractivity contribution in [3.63, 3.8) is 0 Å². The predicted molar refractivity (Wildman–Crippen MR) is 478 cm³/mol. The molecule has 1 aliphatic carbocycles. The highest BCUT2D eigenvalue weighted by molar-refractivity contribution is 6.01. The lowest BCUT2D eigenvalue weighted by molar-refractivity contribution is -0.175. The Balaban J connectivity index is 0.000000121. The van der Waals surface area contributed by atoms with Crippen LogP contribution in [0.5, 0.6) is 11.5 Å². The highest BCUT2D eigenvalue weighted by Gasteiger charge is 2.40. The summed E-state index contributed by atoms with van der Waals surface area (Å²) in [5.41, 5.74) is 6.45. The molecule has 0 spiro atoms. The highest BCUT2D eigenvalue weighted by Crippen LogP contribution is 2.42. The van der Waals surface area contributed by atoms with Crippen LogP contribution >= 0.6 is 0 Å². The first-order valence-electron chi connectivity index (χ1n) is 45.1. The van der Waals surface area contributed by atoms with E-state index in [4.69, 9.17) is 48.1 Å². The molecule has 12 aromatic rings. The number of pyridine rings is 2. The molecule has 30 nitrogen and oxygen atoms in total. The maximum Gasteiger partial charge on any atom is 0.433 e. The molecular formula is C94H105F9N20O10. The number of hydrogen-bond acceptors (Lipinski definition) is 22. The van der Waals surface area contributed by atoms with Gasteiger partial charge in [-0.25, -0.2) is 53.3 Å². The summed E-state index contributed by atoms with van der Waals surface area (Å²) in [6.07, 6.45) is 9.13. The lowest BCUT2D eigenvalue weighted by Gasteiger charge is -2.25. The number of aromatic nitrogens is 18. The first-order chi connectivity index (χ1) is 64.1. The zero-order valence-corrected chi connectivity index (χ0v) is 74.0. The Morgan fingerprint density at radius 2 is 0.872 bits per heavy atom. The molecule has 1 unspecified atom stereocenters. The highest BCUT2D eigenvalue weighted by atomic mass is 19.4. The monoisotopic (exact) mass is 1840 g/mol. The minimum Gasteiger partial charge on any atom is -0.493 e. The number of benzene rings is 2. The third-order valence-electron chi connectivity index (χ3n) is 24.5. The van der Waals surface area contributed by atoms with E-state index in [2.05, 4.69) is 73.5 Å². The fourth-order valence-electron chi connectivity index (χ4n) is 17.3. The number of nitrogens with zero attached hydrogens (tertiary/aromatic N) is 17. The van der Waals surface area contributed by atoms with Crippen molar-refractivity contribution >= 4 is 67.3 Å². The quantitative estimate of drug-likeness (QED) is 0.0563. The molecule has 39 heteroatoms. The third-order valence-corrected chi connectivity index (χ3v) is 24.5. The summed E-state index contributed by atoms with van der Waals surface area (Å²) < 4.78 is 165. The van der Waals surface area contributed by atoms with Gasteiger partial charge in [-0.2, -0.15) is 65.0 Å². The zero-order chi connectivity index (χ0) is 93.1. The number of hydrogen-bond donors (Lipinski definition) is 3. The van der Waals surface area contributed by atoms with E-state index in [-0.39, 0.29) is 84.6 Å². The number of ether oxygens (including phenoxy) is 7. The number of H-pyrrole nitrogens is 3. The second-order valence-corrected chi connectivity index (χ2v) is 34.5. The minimum absolute atomic E-state index is 0.0165. The van der Waals surface area contributed by atoms with Gasteiger partial charge in [0, 0.05) is 157 Å². The average molecular weight is 1850 g/mol. The summed E-state index contributed by atoms with van der Waals surface area (Å²) in [6.45, 7) is 21.1. The summed E-state index contributed by atoms with van der Waals surface area (Å²) in [4.78, 5) is 76.4. The number of alkyl halides is 9.